The SMILES string of the molecule is CCC(CC(C)(C)NC(=O)/C=N/OC)c1ccc(C(C)=O)cc1. The summed E-state index contributed by atoms with van der Waals surface area (Å²) in [6, 6.07) is 7.71. The minimum atomic E-state index is -0.378. The van der Waals surface area contributed by atoms with Crippen molar-refractivity contribution in [3.8, 4) is 0 Å². The third kappa shape index (κ3) is 6.22. The molecule has 0 fully saturated rings. The lowest BCUT2D eigenvalue weighted by molar-refractivity contribution is -0.116. The second-order valence-electron chi connectivity index (χ2n) is 6.28. The molecule has 1 atom stereocenters. The van der Waals surface area contributed by atoms with E-state index in [2.05, 4.69) is 22.2 Å². The van der Waals surface area contributed by atoms with Crippen LogP contribution in [0.15, 0.2) is 29.4 Å². The Bertz CT molecular complexity index is 562. The third-order valence-electron chi connectivity index (χ3n) is 3.78. The Morgan fingerprint density at radius 3 is 2.39 bits per heavy atom. The van der Waals surface area contributed by atoms with Crippen molar-refractivity contribution in [2.24, 2.45) is 5.16 Å². The van der Waals surface area contributed by atoms with Gasteiger partial charge in [0.25, 0.3) is 5.91 Å². The maximum atomic E-state index is 11.8. The summed E-state index contributed by atoms with van der Waals surface area (Å²) >= 11 is 0. The number of rotatable bonds is 8. The lowest BCUT2D eigenvalue weighted by atomic mass is 9.84. The molecule has 0 aliphatic carbocycles. The van der Waals surface area contributed by atoms with Gasteiger partial charge in [0, 0.05) is 11.1 Å². The second kappa shape index (κ2) is 8.46. The van der Waals surface area contributed by atoms with E-state index in [0.29, 0.717) is 11.5 Å². The van der Waals surface area contributed by atoms with Gasteiger partial charge in [0.1, 0.15) is 13.3 Å². The maximum Gasteiger partial charge on any atom is 0.266 e. The number of nitrogens with zero attached hydrogens (tertiary/aromatic N) is 1. The monoisotopic (exact) mass is 318 g/mol. The summed E-state index contributed by atoms with van der Waals surface area (Å²) in [5, 5.41) is 6.40. The van der Waals surface area contributed by atoms with E-state index >= 15 is 0 Å². The molecule has 1 N–H and O–H groups in total. The summed E-state index contributed by atoms with van der Waals surface area (Å²) in [6.07, 6.45) is 2.87. The first kappa shape index (κ1) is 18.9. The number of oxime groups is 1. The molecule has 5 heteroatoms. The Balaban J connectivity index is 2.79. The van der Waals surface area contributed by atoms with E-state index in [1.807, 2.05) is 38.1 Å². The number of carbonyl (C=O) groups excluding carboxylic acids is 2. The second-order valence-corrected chi connectivity index (χ2v) is 6.28. The highest BCUT2D eigenvalue weighted by Crippen LogP contribution is 2.29. The molecular formula is C18H26N2O3. The van der Waals surface area contributed by atoms with E-state index < -0.39 is 0 Å². The molecule has 0 aliphatic heterocycles. The predicted octanol–water partition coefficient (Wildman–Crippen LogP) is 3.30. The van der Waals surface area contributed by atoms with Gasteiger partial charge < -0.3 is 10.2 Å². The molecule has 23 heavy (non-hydrogen) atoms. The van der Waals surface area contributed by atoms with Gasteiger partial charge in [0.05, 0.1) is 0 Å². The standard InChI is InChI=1S/C18H26N2O3/c1-6-14(16-9-7-15(8-10-16)13(2)21)11-18(3,4)20-17(22)12-19-23-5/h7-10,12,14H,6,11H2,1-5H3,(H,20,22)/b19-12+. The van der Waals surface area contributed by atoms with Crippen LogP contribution in [0.1, 0.15) is 62.4 Å². The van der Waals surface area contributed by atoms with Crippen LogP contribution in [0.25, 0.3) is 0 Å². The molecule has 126 valence electrons. The largest absolute Gasteiger partial charge is 0.399 e. The van der Waals surface area contributed by atoms with E-state index in [1.54, 1.807) is 6.92 Å². The molecule has 1 rings (SSSR count). The van der Waals surface area contributed by atoms with Crippen LogP contribution in [0.5, 0.6) is 0 Å². The average molecular weight is 318 g/mol. The third-order valence-corrected chi connectivity index (χ3v) is 3.78. The minimum Gasteiger partial charge on any atom is -0.399 e. The predicted molar refractivity (Wildman–Crippen MR) is 91.8 cm³/mol. The van der Waals surface area contributed by atoms with E-state index in [0.717, 1.165) is 19.1 Å². The highest BCUT2D eigenvalue weighted by molar-refractivity contribution is 6.26. The molecule has 1 aromatic rings. The number of hydrogen-bond donors (Lipinski definition) is 1. The van der Waals surface area contributed by atoms with Gasteiger partial charge in [-0.15, -0.1) is 0 Å². The first-order valence-corrected chi connectivity index (χ1v) is 7.78. The van der Waals surface area contributed by atoms with Crippen LogP contribution in [0.4, 0.5) is 0 Å². The van der Waals surface area contributed by atoms with Crippen LogP contribution in [0, 0.1) is 0 Å². The average Bonchev–Trinajstić information content (AvgIpc) is 2.50. The summed E-state index contributed by atoms with van der Waals surface area (Å²) in [7, 11) is 1.40. The van der Waals surface area contributed by atoms with Crippen LogP contribution in [-0.4, -0.2) is 30.6 Å². The van der Waals surface area contributed by atoms with E-state index in [1.165, 1.54) is 12.7 Å². The summed E-state index contributed by atoms with van der Waals surface area (Å²) in [6.45, 7) is 7.65. The molecule has 0 aliphatic rings. The van der Waals surface area contributed by atoms with Gasteiger partial charge >= 0.3 is 0 Å². The fourth-order valence-corrected chi connectivity index (χ4v) is 2.62. The molecule has 0 bridgehead atoms. The molecular weight excluding hydrogens is 292 g/mol. The van der Waals surface area contributed by atoms with Crippen LogP contribution in [0.3, 0.4) is 0 Å². The summed E-state index contributed by atoms with van der Waals surface area (Å²) in [5.41, 5.74) is 1.51. The Hall–Kier alpha value is -2.17. The van der Waals surface area contributed by atoms with Crippen molar-refractivity contribution in [2.45, 2.75) is 52.0 Å². The highest BCUT2D eigenvalue weighted by Gasteiger charge is 2.25. The molecule has 0 saturated heterocycles. The minimum absolute atomic E-state index is 0.0645. The van der Waals surface area contributed by atoms with Crippen molar-refractivity contribution in [3.63, 3.8) is 0 Å². The Morgan fingerprint density at radius 1 is 1.30 bits per heavy atom. The zero-order valence-electron chi connectivity index (χ0n) is 14.6. The van der Waals surface area contributed by atoms with Crippen LogP contribution >= 0.6 is 0 Å². The summed E-state index contributed by atoms with van der Waals surface area (Å²) < 4.78 is 0. The zero-order chi connectivity index (χ0) is 17.5. The van der Waals surface area contributed by atoms with Crippen LogP contribution in [-0.2, 0) is 9.63 Å². The molecule has 5 nitrogen and oxygen atoms in total. The normalized spacial score (nSPS) is 12.9. The Kier molecular flexibility index (Phi) is 6.94. The lowest BCUT2D eigenvalue weighted by Gasteiger charge is -2.30. The van der Waals surface area contributed by atoms with Gasteiger partial charge in [0.2, 0.25) is 0 Å². The molecule has 1 aromatic carbocycles. The number of amides is 1. The fourth-order valence-electron chi connectivity index (χ4n) is 2.62. The van der Waals surface area contributed by atoms with Gasteiger partial charge in [-0.05, 0) is 45.1 Å². The van der Waals surface area contributed by atoms with E-state index in [4.69, 9.17) is 0 Å². The van der Waals surface area contributed by atoms with Crippen molar-refractivity contribution in [1.82, 2.24) is 5.32 Å². The molecule has 1 amide bonds. The summed E-state index contributed by atoms with van der Waals surface area (Å²) in [4.78, 5) is 27.6. The number of carbonyl (C=O) groups is 2. The Labute approximate surface area is 138 Å². The van der Waals surface area contributed by atoms with Crippen molar-refractivity contribution in [2.75, 3.05) is 7.11 Å². The first-order chi connectivity index (χ1) is 10.8. The van der Waals surface area contributed by atoms with Gasteiger partial charge in [-0.25, -0.2) is 0 Å². The van der Waals surface area contributed by atoms with Crippen molar-refractivity contribution >= 4 is 17.9 Å². The molecule has 0 aromatic heterocycles. The van der Waals surface area contributed by atoms with Gasteiger partial charge in [0.15, 0.2) is 5.78 Å². The quantitative estimate of drug-likeness (QED) is 0.454. The van der Waals surface area contributed by atoms with Crippen molar-refractivity contribution in [1.29, 1.82) is 0 Å². The number of nitrogens with one attached hydrogen (secondary N) is 1. The van der Waals surface area contributed by atoms with Crippen LogP contribution in [0.2, 0.25) is 0 Å². The lowest BCUT2D eigenvalue weighted by Crippen LogP contribution is -2.45. The highest BCUT2D eigenvalue weighted by atomic mass is 16.6. The summed E-state index contributed by atoms with van der Waals surface area (Å²) in [5.74, 6) is 0.0823. The number of ketones is 1. The smallest absolute Gasteiger partial charge is 0.266 e. The van der Waals surface area contributed by atoms with E-state index in [-0.39, 0.29) is 17.2 Å². The van der Waals surface area contributed by atoms with E-state index in [9.17, 15) is 9.59 Å². The molecule has 0 spiro atoms. The van der Waals surface area contributed by atoms with Crippen molar-refractivity contribution < 1.29 is 14.4 Å². The molecule has 0 saturated carbocycles. The number of benzene rings is 1. The van der Waals surface area contributed by atoms with Crippen LogP contribution < -0.4 is 5.32 Å². The molecule has 1 unspecified atom stereocenters. The zero-order valence-corrected chi connectivity index (χ0v) is 14.6. The van der Waals surface area contributed by atoms with Gasteiger partial charge in [-0.2, -0.15) is 0 Å². The van der Waals surface area contributed by atoms with Gasteiger partial charge in [-0.3, -0.25) is 9.59 Å². The number of hydrogen-bond acceptors (Lipinski definition) is 4. The Morgan fingerprint density at radius 2 is 1.91 bits per heavy atom. The fraction of sp³-hybridized carbons (Fsp3) is 0.500. The molecule has 0 radical (unpaired) electrons. The maximum absolute atomic E-state index is 11.8. The number of Topliss-reactive ketones (excluding diaryl/α,β-unsaturated/α-hetero) is 1. The van der Waals surface area contributed by atoms with Crippen molar-refractivity contribution in [3.05, 3.63) is 35.4 Å². The molecule has 0 heterocycles. The topological polar surface area (TPSA) is 67.8 Å². The first-order valence-electron chi connectivity index (χ1n) is 7.78. The van der Waals surface area contributed by atoms with Gasteiger partial charge in [-0.1, -0.05) is 36.3 Å².